The van der Waals surface area contributed by atoms with Gasteiger partial charge in [0.1, 0.15) is 0 Å². The Labute approximate surface area is 215 Å². The van der Waals surface area contributed by atoms with Crippen molar-refractivity contribution in [3.8, 4) is 11.4 Å². The largest absolute Gasteiger partial charge is 0.416 e. The maximum Gasteiger partial charge on any atom is 0.416 e. The normalized spacial score (nSPS) is 11.3. The van der Waals surface area contributed by atoms with Crippen LogP contribution >= 0.6 is 23.4 Å². The summed E-state index contributed by atoms with van der Waals surface area (Å²) < 4.78 is 40.9. The third kappa shape index (κ3) is 5.98. The fourth-order valence-corrected chi connectivity index (χ4v) is 4.45. The first kappa shape index (κ1) is 25.5. The minimum atomic E-state index is -4.54. The van der Waals surface area contributed by atoms with Gasteiger partial charge in [0.25, 0.3) is 5.91 Å². The number of benzene rings is 3. The number of hydrogen-bond donors (Lipinski definition) is 1. The van der Waals surface area contributed by atoms with Crippen molar-refractivity contribution >= 4 is 35.0 Å². The number of nitrogens with zero attached hydrogens (tertiary/aromatic N) is 3. The summed E-state index contributed by atoms with van der Waals surface area (Å²) in [6.45, 7) is 4.37. The molecule has 5 nitrogen and oxygen atoms in total. The molecule has 0 unspecified atom stereocenters. The lowest BCUT2D eigenvalue weighted by Crippen LogP contribution is -2.13. The molecule has 0 saturated carbocycles. The molecule has 0 spiro atoms. The van der Waals surface area contributed by atoms with Gasteiger partial charge in [-0.1, -0.05) is 71.9 Å². The molecule has 1 amide bonds. The van der Waals surface area contributed by atoms with Gasteiger partial charge in [0, 0.05) is 23.4 Å². The van der Waals surface area contributed by atoms with Gasteiger partial charge >= 0.3 is 6.18 Å². The lowest BCUT2D eigenvalue weighted by atomic mass is 10.1. The van der Waals surface area contributed by atoms with E-state index in [4.69, 9.17) is 11.6 Å². The summed E-state index contributed by atoms with van der Waals surface area (Å²) >= 11 is 7.47. The molecule has 4 rings (SSSR count). The van der Waals surface area contributed by atoms with Crippen LogP contribution in [0.25, 0.3) is 11.4 Å². The third-order valence-corrected chi connectivity index (χ3v) is 6.55. The topological polar surface area (TPSA) is 59.8 Å². The number of alkyl halides is 3. The number of carbonyl (C=O) groups excluding carboxylic acids is 1. The number of hydrogen-bond acceptors (Lipinski definition) is 4. The number of rotatable bonds is 8. The smallest absolute Gasteiger partial charge is 0.321 e. The van der Waals surface area contributed by atoms with Crippen molar-refractivity contribution in [1.82, 2.24) is 14.8 Å². The Hall–Kier alpha value is -3.56. The lowest BCUT2D eigenvalue weighted by Gasteiger charge is -2.12. The van der Waals surface area contributed by atoms with Gasteiger partial charge in [0.15, 0.2) is 11.0 Å². The first-order chi connectivity index (χ1) is 17.3. The molecule has 184 valence electrons. The van der Waals surface area contributed by atoms with E-state index in [2.05, 4.69) is 22.1 Å². The van der Waals surface area contributed by atoms with E-state index in [1.807, 2.05) is 34.9 Å². The Morgan fingerprint density at radius 3 is 2.44 bits per heavy atom. The first-order valence-corrected chi connectivity index (χ1v) is 12.1. The van der Waals surface area contributed by atoms with Crippen LogP contribution in [0.15, 0.2) is 90.6 Å². The van der Waals surface area contributed by atoms with E-state index in [1.165, 1.54) is 11.8 Å². The Balaban J connectivity index is 1.44. The summed E-state index contributed by atoms with van der Waals surface area (Å²) in [5.74, 6) is 0.762. The maximum absolute atomic E-state index is 13.0. The molecule has 10 heteroatoms. The summed E-state index contributed by atoms with van der Waals surface area (Å²) in [5, 5.41) is 11.9. The number of halogens is 4. The Bertz CT molecular complexity index is 1370. The molecule has 0 aliphatic carbocycles. The number of allylic oxidation sites excluding steroid dienone is 1. The zero-order chi connectivity index (χ0) is 25.7. The second kappa shape index (κ2) is 11.0. The lowest BCUT2D eigenvalue weighted by molar-refractivity contribution is -0.137. The van der Waals surface area contributed by atoms with Crippen LogP contribution in [0, 0.1) is 0 Å². The van der Waals surface area contributed by atoms with Crippen molar-refractivity contribution in [1.29, 1.82) is 0 Å². The van der Waals surface area contributed by atoms with Crippen molar-refractivity contribution in [2.45, 2.75) is 23.6 Å². The predicted molar refractivity (Wildman–Crippen MR) is 136 cm³/mol. The molecular formula is C26H20ClF3N4OS. The first-order valence-electron chi connectivity index (χ1n) is 10.8. The molecule has 1 aromatic heterocycles. The minimum absolute atomic E-state index is 0.0166. The van der Waals surface area contributed by atoms with Gasteiger partial charge < -0.3 is 5.32 Å². The van der Waals surface area contributed by atoms with E-state index >= 15 is 0 Å². The molecule has 0 radical (unpaired) electrons. The zero-order valence-electron chi connectivity index (χ0n) is 18.8. The minimum Gasteiger partial charge on any atom is -0.321 e. The number of thioether (sulfide) groups is 1. The molecule has 3 aromatic carbocycles. The van der Waals surface area contributed by atoms with Crippen LogP contribution in [0.2, 0.25) is 5.02 Å². The van der Waals surface area contributed by atoms with Gasteiger partial charge in [-0.3, -0.25) is 9.36 Å². The Morgan fingerprint density at radius 1 is 1.06 bits per heavy atom. The average molecular weight is 529 g/mol. The zero-order valence-corrected chi connectivity index (χ0v) is 20.4. The number of anilines is 1. The van der Waals surface area contributed by atoms with Crippen molar-refractivity contribution < 1.29 is 18.0 Å². The van der Waals surface area contributed by atoms with E-state index in [0.29, 0.717) is 17.9 Å². The Morgan fingerprint density at radius 2 is 1.78 bits per heavy atom. The molecule has 0 saturated heterocycles. The molecule has 1 heterocycles. The molecular weight excluding hydrogens is 509 g/mol. The fraction of sp³-hybridized carbons (Fsp3) is 0.115. The molecule has 36 heavy (non-hydrogen) atoms. The van der Waals surface area contributed by atoms with Gasteiger partial charge in [-0.15, -0.1) is 16.8 Å². The van der Waals surface area contributed by atoms with Crippen LogP contribution in [0.5, 0.6) is 0 Å². The van der Waals surface area contributed by atoms with E-state index in [1.54, 1.807) is 30.3 Å². The number of amides is 1. The molecule has 0 aliphatic rings. The quantitative estimate of drug-likeness (QED) is 0.192. The molecule has 0 fully saturated rings. The standard InChI is InChI=1S/C26H20ClF3N4OS/c1-2-14-34-23(18-6-4-3-5-7-18)32-33-25(34)36-16-17-8-10-19(11-9-17)24(35)31-22-15-20(26(28,29)30)12-13-21(22)27/h2-13,15H,1,14,16H2,(H,31,35). The van der Waals surface area contributed by atoms with Crippen molar-refractivity contribution in [3.05, 3.63) is 107 Å². The molecule has 0 aliphatic heterocycles. The highest BCUT2D eigenvalue weighted by Gasteiger charge is 2.31. The summed E-state index contributed by atoms with van der Waals surface area (Å²) in [4.78, 5) is 12.6. The summed E-state index contributed by atoms with van der Waals surface area (Å²) in [7, 11) is 0. The average Bonchev–Trinajstić information content (AvgIpc) is 3.27. The summed E-state index contributed by atoms with van der Waals surface area (Å²) in [6, 6.07) is 19.3. The SMILES string of the molecule is C=CCn1c(SCc2ccc(C(=O)Nc3cc(C(F)(F)F)ccc3Cl)cc2)nnc1-c1ccccc1. The molecule has 4 aromatic rings. The van der Waals surface area contributed by atoms with Gasteiger partial charge in [-0.25, -0.2) is 0 Å². The molecule has 0 bridgehead atoms. The van der Waals surface area contributed by atoms with Gasteiger partial charge in [-0.05, 0) is 35.9 Å². The number of carbonyl (C=O) groups is 1. The molecule has 1 N–H and O–H groups in total. The highest BCUT2D eigenvalue weighted by atomic mass is 35.5. The number of aromatic nitrogens is 3. The third-order valence-electron chi connectivity index (χ3n) is 5.19. The van der Waals surface area contributed by atoms with Crippen LogP contribution in [-0.2, 0) is 18.5 Å². The van der Waals surface area contributed by atoms with Crippen LogP contribution in [0.4, 0.5) is 18.9 Å². The van der Waals surface area contributed by atoms with Crippen molar-refractivity contribution in [3.63, 3.8) is 0 Å². The van der Waals surface area contributed by atoms with Gasteiger partial charge in [0.05, 0.1) is 16.3 Å². The van der Waals surface area contributed by atoms with E-state index < -0.39 is 17.6 Å². The highest BCUT2D eigenvalue weighted by Crippen LogP contribution is 2.34. The molecule has 0 atom stereocenters. The van der Waals surface area contributed by atoms with Gasteiger partial charge in [0.2, 0.25) is 0 Å². The predicted octanol–water partition coefficient (Wildman–Crippen LogP) is 7.35. The van der Waals surface area contributed by atoms with E-state index in [0.717, 1.165) is 40.3 Å². The van der Waals surface area contributed by atoms with Crippen LogP contribution in [0.1, 0.15) is 21.5 Å². The second-order valence-corrected chi connectivity index (χ2v) is 9.05. The second-order valence-electron chi connectivity index (χ2n) is 7.70. The van der Waals surface area contributed by atoms with Gasteiger partial charge in [-0.2, -0.15) is 13.2 Å². The van der Waals surface area contributed by atoms with Crippen LogP contribution < -0.4 is 5.32 Å². The van der Waals surface area contributed by atoms with Crippen LogP contribution in [0.3, 0.4) is 0 Å². The Kier molecular flexibility index (Phi) is 7.81. The summed E-state index contributed by atoms with van der Waals surface area (Å²) in [6.07, 6.45) is -2.76. The van der Waals surface area contributed by atoms with E-state index in [-0.39, 0.29) is 10.7 Å². The monoisotopic (exact) mass is 528 g/mol. The summed E-state index contributed by atoms with van der Waals surface area (Å²) in [5.41, 5.74) is 1.18. The highest BCUT2D eigenvalue weighted by molar-refractivity contribution is 7.98. The number of nitrogens with one attached hydrogen (secondary N) is 1. The van der Waals surface area contributed by atoms with Crippen molar-refractivity contribution in [2.75, 3.05) is 5.32 Å². The van der Waals surface area contributed by atoms with Crippen LogP contribution in [-0.4, -0.2) is 20.7 Å². The maximum atomic E-state index is 13.0. The van der Waals surface area contributed by atoms with E-state index in [9.17, 15) is 18.0 Å². The van der Waals surface area contributed by atoms with Crippen molar-refractivity contribution in [2.24, 2.45) is 0 Å². The fourth-order valence-electron chi connectivity index (χ4n) is 3.38.